The Bertz CT molecular complexity index is 962. The summed E-state index contributed by atoms with van der Waals surface area (Å²) in [5.74, 6) is -0.419. The summed E-state index contributed by atoms with van der Waals surface area (Å²) in [7, 11) is 0. The van der Waals surface area contributed by atoms with Crippen LogP contribution >= 0.6 is 0 Å². The van der Waals surface area contributed by atoms with Gasteiger partial charge in [0.25, 0.3) is 0 Å². The van der Waals surface area contributed by atoms with Crippen LogP contribution in [-0.4, -0.2) is 5.97 Å². The summed E-state index contributed by atoms with van der Waals surface area (Å²) in [4.78, 5) is 12.2. The molecule has 3 nitrogen and oxygen atoms in total. The Hall–Kier alpha value is -3.54. The molecule has 0 aliphatic carbocycles. The van der Waals surface area contributed by atoms with E-state index in [0.717, 1.165) is 12.0 Å². The molecular weight excluding hydrogens is 369 g/mol. The fraction of sp³-hybridized carbons (Fsp3) is 0.0455. The van der Waals surface area contributed by atoms with Crippen LogP contribution in [0.3, 0.4) is 0 Å². The molecule has 3 aromatic carbocycles. The average Bonchev–Trinajstić information content (AvgIpc) is 2.70. The lowest BCUT2D eigenvalue weighted by molar-refractivity contribution is 0.0734. The van der Waals surface area contributed by atoms with Crippen LogP contribution in [0.5, 0.6) is 11.5 Å². The Morgan fingerprint density at radius 3 is 1.82 bits per heavy atom. The topological polar surface area (TPSA) is 35.5 Å². The maximum atomic E-state index is 12.7. The van der Waals surface area contributed by atoms with E-state index in [1.54, 1.807) is 12.1 Å². The number of carbonyl (C=O) groups is 1. The molecule has 28 heavy (non-hydrogen) atoms. The number of hydrogen-bond acceptors (Lipinski definition) is 3. The highest BCUT2D eigenvalue weighted by molar-refractivity contribution is 5.91. The van der Waals surface area contributed by atoms with Crippen LogP contribution in [0, 0.1) is 0 Å². The fourth-order valence-corrected chi connectivity index (χ4v) is 2.47. The Kier molecular flexibility index (Phi) is 6.11. The second-order valence-corrected chi connectivity index (χ2v) is 5.86. The van der Waals surface area contributed by atoms with Crippen molar-refractivity contribution in [3.05, 3.63) is 108 Å². The standard InChI is InChI=1S/C22H15F3O3/c23-20(24)21(25)27-18-12-8-17(9-13-18)22(26)28-19-10-6-16(7-11-19)14-15-4-2-1-3-5-15/h1-13H,14H2. The highest BCUT2D eigenvalue weighted by atomic mass is 19.3. The van der Waals surface area contributed by atoms with Crippen molar-refractivity contribution in [1.82, 2.24) is 0 Å². The van der Waals surface area contributed by atoms with Crippen LogP contribution in [-0.2, 0) is 6.42 Å². The summed E-state index contributed by atoms with van der Waals surface area (Å²) in [6.45, 7) is 0. The Morgan fingerprint density at radius 1 is 0.679 bits per heavy atom. The molecule has 6 heteroatoms. The number of hydrogen-bond donors (Lipinski definition) is 0. The second-order valence-electron chi connectivity index (χ2n) is 5.86. The van der Waals surface area contributed by atoms with Crippen molar-refractivity contribution in [3.63, 3.8) is 0 Å². The number of halogens is 3. The third-order valence-electron chi connectivity index (χ3n) is 3.83. The molecule has 0 radical (unpaired) electrons. The van der Waals surface area contributed by atoms with E-state index in [1.807, 2.05) is 42.5 Å². The fourth-order valence-electron chi connectivity index (χ4n) is 2.47. The lowest BCUT2D eigenvalue weighted by atomic mass is 10.1. The molecular formula is C22H15F3O3. The minimum Gasteiger partial charge on any atom is -0.428 e. The summed E-state index contributed by atoms with van der Waals surface area (Å²) in [5, 5.41) is 0. The van der Waals surface area contributed by atoms with Gasteiger partial charge in [0.1, 0.15) is 11.5 Å². The van der Waals surface area contributed by atoms with E-state index < -0.39 is 18.1 Å². The summed E-state index contributed by atoms with van der Waals surface area (Å²) >= 11 is 0. The first-order chi connectivity index (χ1) is 13.5. The van der Waals surface area contributed by atoms with Crippen LogP contribution < -0.4 is 9.47 Å². The van der Waals surface area contributed by atoms with Crippen molar-refractivity contribution < 1.29 is 27.4 Å². The molecule has 0 amide bonds. The van der Waals surface area contributed by atoms with Crippen LogP contribution in [0.1, 0.15) is 21.5 Å². The number of rotatable bonds is 6. The lowest BCUT2D eigenvalue weighted by Gasteiger charge is -2.07. The van der Waals surface area contributed by atoms with Gasteiger partial charge < -0.3 is 9.47 Å². The molecule has 0 aromatic heterocycles. The van der Waals surface area contributed by atoms with Crippen molar-refractivity contribution in [1.29, 1.82) is 0 Å². The third-order valence-corrected chi connectivity index (χ3v) is 3.83. The molecule has 0 bridgehead atoms. The van der Waals surface area contributed by atoms with Crippen LogP contribution in [0.4, 0.5) is 13.2 Å². The van der Waals surface area contributed by atoms with E-state index in [0.29, 0.717) is 5.75 Å². The minimum absolute atomic E-state index is 0.160. The molecule has 142 valence electrons. The molecule has 0 aliphatic heterocycles. The van der Waals surface area contributed by atoms with Gasteiger partial charge in [-0.1, -0.05) is 42.5 Å². The monoisotopic (exact) mass is 384 g/mol. The highest BCUT2D eigenvalue weighted by Crippen LogP contribution is 2.20. The predicted molar refractivity (Wildman–Crippen MR) is 98.1 cm³/mol. The quantitative estimate of drug-likeness (QED) is 0.301. The van der Waals surface area contributed by atoms with Crippen LogP contribution in [0.2, 0.25) is 0 Å². The molecule has 0 aliphatic rings. The maximum Gasteiger partial charge on any atom is 0.344 e. The van der Waals surface area contributed by atoms with Gasteiger partial charge in [0.05, 0.1) is 5.56 Å². The van der Waals surface area contributed by atoms with Crippen LogP contribution in [0.25, 0.3) is 0 Å². The second kappa shape index (κ2) is 8.90. The summed E-state index contributed by atoms with van der Waals surface area (Å²) in [5.41, 5.74) is 2.42. The Labute approximate surface area is 159 Å². The van der Waals surface area contributed by atoms with Crippen molar-refractivity contribution in [2.24, 2.45) is 0 Å². The minimum atomic E-state index is -2.56. The zero-order valence-corrected chi connectivity index (χ0v) is 14.6. The van der Waals surface area contributed by atoms with Crippen molar-refractivity contribution in [2.75, 3.05) is 0 Å². The number of carbonyl (C=O) groups excluding carboxylic acids is 1. The molecule has 0 N–H and O–H groups in total. The van der Waals surface area contributed by atoms with E-state index in [9.17, 15) is 18.0 Å². The normalized spacial score (nSPS) is 10.2. The SMILES string of the molecule is O=C(Oc1ccc(Cc2ccccc2)cc1)c1ccc(OC(F)=C(F)F)cc1. The number of ether oxygens (including phenoxy) is 2. The van der Waals surface area contributed by atoms with Gasteiger partial charge in [0.15, 0.2) is 0 Å². The van der Waals surface area contributed by atoms with E-state index in [1.165, 1.54) is 29.8 Å². The largest absolute Gasteiger partial charge is 0.428 e. The van der Waals surface area contributed by atoms with Gasteiger partial charge >= 0.3 is 18.1 Å². The van der Waals surface area contributed by atoms with Gasteiger partial charge in [0, 0.05) is 0 Å². The zero-order chi connectivity index (χ0) is 19.9. The molecule has 0 saturated heterocycles. The molecule has 0 heterocycles. The number of benzene rings is 3. The molecule has 0 saturated carbocycles. The van der Waals surface area contributed by atoms with Gasteiger partial charge in [0.2, 0.25) is 0 Å². The first-order valence-corrected chi connectivity index (χ1v) is 8.35. The van der Waals surface area contributed by atoms with E-state index in [2.05, 4.69) is 4.74 Å². The third kappa shape index (κ3) is 5.23. The number of esters is 1. The summed E-state index contributed by atoms with van der Waals surface area (Å²) in [6.07, 6.45) is -1.79. The van der Waals surface area contributed by atoms with Crippen molar-refractivity contribution in [2.45, 2.75) is 6.42 Å². The van der Waals surface area contributed by atoms with Crippen molar-refractivity contribution in [3.8, 4) is 11.5 Å². The Balaban J connectivity index is 1.60. The summed E-state index contributed by atoms with van der Waals surface area (Å²) in [6, 6.07) is 20.1. The Morgan fingerprint density at radius 2 is 1.21 bits per heavy atom. The molecule has 0 unspecified atom stereocenters. The highest BCUT2D eigenvalue weighted by Gasteiger charge is 2.11. The smallest absolute Gasteiger partial charge is 0.344 e. The van der Waals surface area contributed by atoms with Gasteiger partial charge in [-0.25, -0.2) is 4.79 Å². The van der Waals surface area contributed by atoms with Crippen molar-refractivity contribution >= 4 is 5.97 Å². The molecule has 3 aromatic rings. The molecule has 0 spiro atoms. The van der Waals surface area contributed by atoms with E-state index in [-0.39, 0.29) is 11.3 Å². The molecule has 0 atom stereocenters. The average molecular weight is 384 g/mol. The van der Waals surface area contributed by atoms with Gasteiger partial charge in [-0.3, -0.25) is 0 Å². The molecule has 3 rings (SSSR count). The van der Waals surface area contributed by atoms with Gasteiger partial charge in [-0.15, -0.1) is 0 Å². The lowest BCUT2D eigenvalue weighted by Crippen LogP contribution is -2.08. The predicted octanol–water partition coefficient (Wildman–Crippen LogP) is 5.91. The van der Waals surface area contributed by atoms with E-state index in [4.69, 9.17) is 4.74 Å². The van der Waals surface area contributed by atoms with Crippen LogP contribution in [0.15, 0.2) is 91.0 Å². The summed E-state index contributed by atoms with van der Waals surface area (Å²) < 4.78 is 46.4. The maximum absolute atomic E-state index is 12.7. The van der Waals surface area contributed by atoms with Gasteiger partial charge in [-0.2, -0.15) is 13.2 Å². The zero-order valence-electron chi connectivity index (χ0n) is 14.6. The first-order valence-electron chi connectivity index (χ1n) is 8.35. The van der Waals surface area contributed by atoms with Gasteiger partial charge in [-0.05, 0) is 53.9 Å². The molecule has 0 fully saturated rings. The van der Waals surface area contributed by atoms with E-state index >= 15 is 0 Å². The first kappa shape index (κ1) is 19.2.